The van der Waals surface area contributed by atoms with Crippen LogP contribution in [0.5, 0.6) is 5.75 Å². The highest BCUT2D eigenvalue weighted by molar-refractivity contribution is 5.93. The van der Waals surface area contributed by atoms with E-state index in [0.717, 1.165) is 0 Å². The Morgan fingerprint density at radius 3 is 2.09 bits per heavy atom. The van der Waals surface area contributed by atoms with Crippen LogP contribution in [0.15, 0.2) is 29.3 Å². The molecule has 0 fully saturated rings. The summed E-state index contributed by atoms with van der Waals surface area (Å²) >= 11 is 0. The zero-order valence-electron chi connectivity index (χ0n) is 17.2. The number of carboxylic acids is 2. The number of aromatic hydroxyl groups is 1. The molecule has 0 heterocycles. The summed E-state index contributed by atoms with van der Waals surface area (Å²) in [6.07, 6.45) is -0.413. The highest BCUT2D eigenvalue weighted by atomic mass is 16.4. The molecule has 13 nitrogen and oxygen atoms in total. The van der Waals surface area contributed by atoms with Crippen LogP contribution in [0, 0.1) is 0 Å². The molecule has 0 saturated carbocycles. The second-order valence-corrected chi connectivity index (χ2v) is 6.98. The molecule has 0 aliphatic heterocycles. The largest absolute Gasteiger partial charge is 0.508 e. The summed E-state index contributed by atoms with van der Waals surface area (Å²) < 4.78 is 0. The van der Waals surface area contributed by atoms with Crippen LogP contribution in [0.3, 0.4) is 0 Å². The van der Waals surface area contributed by atoms with Crippen LogP contribution in [0.2, 0.25) is 0 Å². The van der Waals surface area contributed by atoms with Crippen molar-refractivity contribution in [2.45, 2.75) is 43.8 Å². The molecule has 1 rings (SSSR count). The van der Waals surface area contributed by atoms with Gasteiger partial charge in [-0.05, 0) is 30.5 Å². The van der Waals surface area contributed by atoms with Crippen molar-refractivity contribution < 1.29 is 34.5 Å². The van der Waals surface area contributed by atoms with Gasteiger partial charge in [-0.2, -0.15) is 0 Å². The molecule has 1 aromatic rings. The molecule has 0 aliphatic carbocycles. The Morgan fingerprint density at radius 2 is 1.56 bits per heavy atom. The van der Waals surface area contributed by atoms with Crippen molar-refractivity contribution >= 4 is 29.7 Å². The third-order valence-electron chi connectivity index (χ3n) is 4.30. The molecule has 2 amide bonds. The minimum Gasteiger partial charge on any atom is -0.508 e. The van der Waals surface area contributed by atoms with Gasteiger partial charge in [0.15, 0.2) is 5.96 Å². The summed E-state index contributed by atoms with van der Waals surface area (Å²) in [5.41, 5.74) is 16.5. The van der Waals surface area contributed by atoms with Crippen molar-refractivity contribution in [3.8, 4) is 5.75 Å². The number of phenolic OH excluding ortho intramolecular Hbond substituents is 1. The highest BCUT2D eigenvalue weighted by Gasteiger charge is 2.28. The van der Waals surface area contributed by atoms with E-state index in [-0.39, 0.29) is 37.5 Å². The highest BCUT2D eigenvalue weighted by Crippen LogP contribution is 2.12. The number of nitrogens with one attached hydrogen (secondary N) is 2. The third kappa shape index (κ3) is 9.75. The zero-order valence-corrected chi connectivity index (χ0v) is 17.2. The molecular formula is C19H28N6O7. The van der Waals surface area contributed by atoms with Crippen LogP contribution < -0.4 is 27.8 Å². The second kappa shape index (κ2) is 12.7. The first kappa shape index (κ1) is 26.2. The number of aliphatic imine (C=N–C) groups is 1. The standard InChI is InChI=1S/C19H28N6O7/c20-12(9-15(27)28)16(29)25-14(8-10-3-5-11(26)6-4-10)17(30)24-13(18(31)32)2-1-7-23-19(21)22/h3-6,12-14,26H,1-2,7-9,20H2,(H,24,30)(H,25,29)(H,27,28)(H,31,32)(H4,21,22,23)/t12-,13-,14-/m0/s1. The van der Waals surface area contributed by atoms with Gasteiger partial charge in [-0.1, -0.05) is 12.1 Å². The average Bonchev–Trinajstić information content (AvgIpc) is 2.70. The maximum atomic E-state index is 12.8. The minimum absolute atomic E-state index is 0.00557. The van der Waals surface area contributed by atoms with Crippen molar-refractivity contribution in [1.29, 1.82) is 0 Å². The maximum Gasteiger partial charge on any atom is 0.326 e. The van der Waals surface area contributed by atoms with E-state index in [9.17, 15) is 29.4 Å². The lowest BCUT2D eigenvalue weighted by Gasteiger charge is -2.23. The van der Waals surface area contributed by atoms with Gasteiger partial charge in [0, 0.05) is 13.0 Å². The molecule has 0 unspecified atom stereocenters. The van der Waals surface area contributed by atoms with E-state index in [1.165, 1.54) is 24.3 Å². The number of hydrogen-bond acceptors (Lipinski definition) is 7. The maximum absolute atomic E-state index is 12.8. The molecule has 176 valence electrons. The fourth-order valence-electron chi connectivity index (χ4n) is 2.67. The number of rotatable bonds is 13. The number of carbonyl (C=O) groups excluding carboxylic acids is 2. The second-order valence-electron chi connectivity index (χ2n) is 6.98. The number of guanidine groups is 1. The van der Waals surface area contributed by atoms with E-state index in [1.807, 2.05) is 0 Å². The Labute approximate surface area is 183 Å². The molecule has 0 aromatic heterocycles. The van der Waals surface area contributed by atoms with Gasteiger partial charge in [-0.25, -0.2) is 4.79 Å². The summed E-state index contributed by atoms with van der Waals surface area (Å²) in [5.74, 6) is -4.42. The summed E-state index contributed by atoms with van der Waals surface area (Å²) in [6.45, 7) is 0.166. The van der Waals surface area contributed by atoms with Crippen LogP contribution in [-0.2, 0) is 25.6 Å². The van der Waals surface area contributed by atoms with E-state index in [4.69, 9.17) is 22.3 Å². The number of nitrogens with zero attached hydrogens (tertiary/aromatic N) is 1. The fraction of sp³-hybridized carbons (Fsp3) is 0.421. The molecular weight excluding hydrogens is 424 g/mol. The lowest BCUT2D eigenvalue weighted by atomic mass is 10.0. The Morgan fingerprint density at radius 1 is 0.969 bits per heavy atom. The van der Waals surface area contributed by atoms with Gasteiger partial charge in [0.2, 0.25) is 11.8 Å². The predicted octanol–water partition coefficient (Wildman–Crippen LogP) is -2.16. The number of amides is 2. The van der Waals surface area contributed by atoms with Crippen LogP contribution in [-0.4, -0.2) is 69.7 Å². The number of carbonyl (C=O) groups is 4. The fourth-order valence-corrected chi connectivity index (χ4v) is 2.67. The summed E-state index contributed by atoms with van der Waals surface area (Å²) in [6, 6.07) is 1.87. The van der Waals surface area contributed by atoms with Crippen LogP contribution in [0.4, 0.5) is 0 Å². The molecule has 0 spiro atoms. The van der Waals surface area contributed by atoms with Crippen LogP contribution in [0.1, 0.15) is 24.8 Å². The minimum atomic E-state index is -1.41. The smallest absolute Gasteiger partial charge is 0.326 e. The van der Waals surface area contributed by atoms with Crippen LogP contribution in [0.25, 0.3) is 0 Å². The van der Waals surface area contributed by atoms with E-state index in [2.05, 4.69) is 15.6 Å². The van der Waals surface area contributed by atoms with Crippen molar-refractivity contribution in [2.75, 3.05) is 6.54 Å². The predicted molar refractivity (Wildman–Crippen MR) is 113 cm³/mol. The number of carboxylic acid groups (broad SMARTS) is 2. The van der Waals surface area contributed by atoms with Crippen LogP contribution >= 0.6 is 0 Å². The average molecular weight is 452 g/mol. The van der Waals surface area contributed by atoms with Gasteiger partial charge in [-0.3, -0.25) is 19.4 Å². The quantitative estimate of drug-likeness (QED) is 0.0915. The van der Waals surface area contributed by atoms with Crippen molar-refractivity contribution in [2.24, 2.45) is 22.2 Å². The summed E-state index contributed by atoms with van der Waals surface area (Å²) in [4.78, 5) is 51.1. The molecule has 32 heavy (non-hydrogen) atoms. The summed E-state index contributed by atoms with van der Waals surface area (Å²) in [7, 11) is 0. The summed E-state index contributed by atoms with van der Waals surface area (Å²) in [5, 5.41) is 32.3. The SMILES string of the molecule is NC(N)=NCCC[C@H](NC(=O)[C@H](Cc1ccc(O)cc1)NC(=O)[C@@H](N)CC(=O)O)C(=O)O. The Balaban J connectivity index is 2.94. The zero-order chi connectivity index (χ0) is 24.3. The molecule has 1 aromatic carbocycles. The molecule has 3 atom stereocenters. The molecule has 13 heteroatoms. The normalized spacial score (nSPS) is 13.3. The first-order chi connectivity index (χ1) is 15.0. The molecule has 0 saturated heterocycles. The Kier molecular flexibility index (Phi) is 10.4. The van der Waals surface area contributed by atoms with Crippen molar-refractivity contribution in [1.82, 2.24) is 10.6 Å². The molecule has 11 N–H and O–H groups in total. The van der Waals surface area contributed by atoms with Crippen molar-refractivity contribution in [3.05, 3.63) is 29.8 Å². The van der Waals surface area contributed by atoms with Gasteiger partial charge in [0.05, 0.1) is 12.5 Å². The molecule has 0 bridgehead atoms. The Bertz CT molecular complexity index is 839. The lowest BCUT2D eigenvalue weighted by molar-refractivity contribution is -0.143. The molecule has 0 aliphatic rings. The number of hydrogen-bond donors (Lipinski definition) is 8. The molecule has 0 radical (unpaired) electrons. The Hall–Kier alpha value is -3.87. The van der Waals surface area contributed by atoms with Gasteiger partial charge < -0.3 is 43.2 Å². The topological polar surface area (TPSA) is 243 Å². The number of aliphatic carboxylic acids is 2. The van der Waals surface area contributed by atoms with Gasteiger partial charge in [-0.15, -0.1) is 0 Å². The van der Waals surface area contributed by atoms with E-state index in [1.54, 1.807) is 0 Å². The monoisotopic (exact) mass is 452 g/mol. The van der Waals surface area contributed by atoms with Gasteiger partial charge in [0.25, 0.3) is 0 Å². The first-order valence-electron chi connectivity index (χ1n) is 9.63. The van der Waals surface area contributed by atoms with Gasteiger partial charge in [0.1, 0.15) is 17.8 Å². The number of nitrogens with two attached hydrogens (primary N) is 3. The van der Waals surface area contributed by atoms with Crippen molar-refractivity contribution in [3.63, 3.8) is 0 Å². The van der Waals surface area contributed by atoms with E-state index < -0.39 is 48.3 Å². The number of benzene rings is 1. The number of phenols is 1. The lowest BCUT2D eigenvalue weighted by Crippen LogP contribution is -2.55. The van der Waals surface area contributed by atoms with E-state index in [0.29, 0.717) is 5.56 Å². The van der Waals surface area contributed by atoms with Gasteiger partial charge >= 0.3 is 11.9 Å². The first-order valence-corrected chi connectivity index (χ1v) is 9.63. The third-order valence-corrected chi connectivity index (χ3v) is 4.30. The van der Waals surface area contributed by atoms with E-state index >= 15 is 0 Å².